The van der Waals surface area contributed by atoms with Gasteiger partial charge >= 0.3 is 0 Å². The highest BCUT2D eigenvalue weighted by molar-refractivity contribution is 7.95. The van der Waals surface area contributed by atoms with Crippen molar-refractivity contribution >= 4 is 46.4 Å². The molecule has 0 nitrogen and oxygen atoms in total. The van der Waals surface area contributed by atoms with Gasteiger partial charge in [0.05, 0.1) is 11.7 Å². The third kappa shape index (κ3) is 4.31. The highest BCUT2D eigenvalue weighted by atomic mass is 35.5. The van der Waals surface area contributed by atoms with Crippen molar-refractivity contribution < 1.29 is 0 Å². The van der Waals surface area contributed by atoms with E-state index in [1.54, 1.807) is 0 Å². The second-order valence-corrected chi connectivity index (χ2v) is 12.7. The van der Waals surface area contributed by atoms with Crippen LogP contribution in [0.25, 0.3) is 11.1 Å². The second-order valence-electron chi connectivity index (χ2n) is 8.32. The lowest BCUT2D eigenvalue weighted by molar-refractivity contribution is 1.47. The Hall–Kier alpha value is -2.11. The average molecular weight is 464 g/mol. The van der Waals surface area contributed by atoms with Crippen molar-refractivity contribution in [1.29, 1.82) is 0 Å². The molecule has 0 aromatic heterocycles. The topological polar surface area (TPSA) is 0 Å². The molecule has 0 atom stereocenters. The molecule has 156 valence electrons. The van der Waals surface area contributed by atoms with Gasteiger partial charge in [0.2, 0.25) is 0 Å². The van der Waals surface area contributed by atoms with Crippen LogP contribution in [0.5, 0.6) is 0 Å². The van der Waals surface area contributed by atoms with Crippen LogP contribution in [-0.4, -0.2) is 6.66 Å². The summed E-state index contributed by atoms with van der Waals surface area (Å²) in [6.45, 7) is 8.82. The molecule has 0 bridgehead atoms. The Bertz CT molecular complexity index is 1180. The first-order chi connectivity index (χ1) is 14.8. The van der Waals surface area contributed by atoms with Crippen LogP contribution in [0.4, 0.5) is 0 Å². The normalized spacial score (nSPS) is 11.5. The van der Waals surface area contributed by atoms with Crippen LogP contribution in [0.15, 0.2) is 84.9 Å². The van der Waals surface area contributed by atoms with Crippen molar-refractivity contribution in [2.24, 2.45) is 0 Å². The van der Waals surface area contributed by atoms with E-state index in [2.05, 4.69) is 94.2 Å². The molecule has 0 aliphatic rings. The molecule has 0 spiro atoms. The van der Waals surface area contributed by atoms with Gasteiger partial charge in [-0.05, 0) is 69.3 Å². The minimum Gasteiger partial charge on any atom is -0.0843 e. The maximum atomic E-state index is 6.70. The van der Waals surface area contributed by atoms with Gasteiger partial charge in [-0.3, -0.25) is 0 Å². The Morgan fingerprint density at radius 1 is 0.548 bits per heavy atom. The summed E-state index contributed by atoms with van der Waals surface area (Å²) >= 11 is 12.9. The highest BCUT2D eigenvalue weighted by Gasteiger charge is 2.42. The molecule has 0 aliphatic carbocycles. The zero-order valence-corrected chi connectivity index (χ0v) is 20.7. The molecule has 0 unspecified atom stereocenters. The minimum absolute atomic E-state index is 0.651. The Morgan fingerprint density at radius 3 is 1.58 bits per heavy atom. The van der Waals surface area contributed by atoms with Crippen molar-refractivity contribution in [2.45, 2.75) is 20.8 Å². The number of hydrogen-bond donors (Lipinski definition) is 0. The fourth-order valence-electron chi connectivity index (χ4n) is 4.08. The van der Waals surface area contributed by atoms with E-state index < -0.39 is 7.26 Å². The molecule has 4 rings (SSSR count). The van der Waals surface area contributed by atoms with Gasteiger partial charge < -0.3 is 0 Å². The van der Waals surface area contributed by atoms with Gasteiger partial charge in [-0.15, -0.1) is 0 Å². The van der Waals surface area contributed by atoms with Crippen molar-refractivity contribution in [3.63, 3.8) is 0 Å². The Kier molecular flexibility index (Phi) is 6.27. The van der Waals surface area contributed by atoms with Gasteiger partial charge in [-0.25, -0.2) is 0 Å². The standard InChI is InChI=1S/C28H26Cl2P/c1-19-5-11-23(12-6-19)31(4,24-13-7-20(2)8-14-24)28-16-9-21(3)17-26(28)25-15-10-22(29)18-27(25)30/h5-18H,1-4H3/q+1. The number of benzene rings is 4. The quantitative estimate of drug-likeness (QED) is 0.274. The Morgan fingerprint density at radius 2 is 1.06 bits per heavy atom. The summed E-state index contributed by atoms with van der Waals surface area (Å²) in [5, 5.41) is 5.38. The molecule has 0 saturated heterocycles. The van der Waals surface area contributed by atoms with E-state index in [-0.39, 0.29) is 0 Å². The zero-order valence-electron chi connectivity index (χ0n) is 18.3. The maximum Gasteiger partial charge on any atom is 0.112 e. The van der Waals surface area contributed by atoms with Gasteiger partial charge in [0, 0.05) is 16.1 Å². The molecular weight excluding hydrogens is 438 g/mol. The molecule has 31 heavy (non-hydrogen) atoms. The largest absolute Gasteiger partial charge is 0.112 e. The Labute approximate surface area is 196 Å². The fourth-order valence-corrected chi connectivity index (χ4v) is 7.97. The number of hydrogen-bond acceptors (Lipinski definition) is 0. The number of rotatable bonds is 4. The van der Waals surface area contributed by atoms with E-state index in [1.807, 2.05) is 18.2 Å². The summed E-state index contributed by atoms with van der Waals surface area (Å²) in [5.74, 6) is 0. The summed E-state index contributed by atoms with van der Waals surface area (Å²) < 4.78 is 0. The Balaban J connectivity index is 2.05. The van der Waals surface area contributed by atoms with Gasteiger partial charge in [0.25, 0.3) is 0 Å². The fraction of sp³-hybridized carbons (Fsp3) is 0.143. The molecule has 3 heteroatoms. The SMILES string of the molecule is Cc1ccc([P+](C)(c2ccc(C)cc2)c2ccc(C)cc2-c2ccc(Cl)cc2Cl)cc1. The van der Waals surface area contributed by atoms with E-state index in [1.165, 1.54) is 38.2 Å². The monoisotopic (exact) mass is 463 g/mol. The van der Waals surface area contributed by atoms with Crippen LogP contribution >= 0.6 is 30.5 Å². The van der Waals surface area contributed by atoms with Crippen LogP contribution in [0, 0.1) is 20.8 Å². The molecular formula is C28H26Cl2P+. The first-order valence-corrected chi connectivity index (χ1v) is 13.4. The predicted octanol–water partition coefficient (Wildman–Crippen LogP) is 7.51. The highest BCUT2D eigenvalue weighted by Crippen LogP contribution is 2.54. The average Bonchev–Trinajstić information content (AvgIpc) is 2.74. The summed E-state index contributed by atoms with van der Waals surface area (Å²) in [6, 6.07) is 30.6. The molecule has 4 aromatic rings. The predicted molar refractivity (Wildman–Crippen MR) is 141 cm³/mol. The van der Waals surface area contributed by atoms with Crippen LogP contribution in [0.2, 0.25) is 10.0 Å². The smallest absolute Gasteiger partial charge is 0.0843 e. The summed E-state index contributed by atoms with van der Waals surface area (Å²) in [4.78, 5) is 0. The van der Waals surface area contributed by atoms with Gasteiger partial charge in [-0.2, -0.15) is 0 Å². The van der Waals surface area contributed by atoms with Crippen molar-refractivity contribution in [3.8, 4) is 11.1 Å². The van der Waals surface area contributed by atoms with Gasteiger partial charge in [0.15, 0.2) is 0 Å². The van der Waals surface area contributed by atoms with Crippen LogP contribution in [0.1, 0.15) is 16.7 Å². The van der Waals surface area contributed by atoms with Crippen molar-refractivity contribution in [2.75, 3.05) is 6.66 Å². The third-order valence-corrected chi connectivity index (χ3v) is 10.5. The van der Waals surface area contributed by atoms with E-state index in [0.717, 1.165) is 5.56 Å². The lowest BCUT2D eigenvalue weighted by atomic mass is 10.0. The molecule has 0 heterocycles. The molecule has 0 fully saturated rings. The van der Waals surface area contributed by atoms with E-state index in [4.69, 9.17) is 23.2 Å². The molecule has 0 saturated carbocycles. The first kappa shape index (κ1) is 22.1. The first-order valence-electron chi connectivity index (χ1n) is 10.4. The summed E-state index contributed by atoms with van der Waals surface area (Å²) in [7, 11) is -1.91. The lowest BCUT2D eigenvalue weighted by Gasteiger charge is -2.26. The van der Waals surface area contributed by atoms with Crippen LogP contribution in [-0.2, 0) is 0 Å². The molecule has 0 amide bonds. The molecule has 0 radical (unpaired) electrons. The van der Waals surface area contributed by atoms with E-state index in [0.29, 0.717) is 10.0 Å². The van der Waals surface area contributed by atoms with E-state index >= 15 is 0 Å². The number of aryl methyl sites for hydroxylation is 3. The molecule has 4 aromatic carbocycles. The van der Waals surface area contributed by atoms with Crippen molar-refractivity contribution in [3.05, 3.63) is 112 Å². The molecule has 0 N–H and O–H groups in total. The van der Waals surface area contributed by atoms with Crippen molar-refractivity contribution in [1.82, 2.24) is 0 Å². The van der Waals surface area contributed by atoms with Gasteiger partial charge in [-0.1, -0.05) is 76.3 Å². The van der Waals surface area contributed by atoms with E-state index in [9.17, 15) is 0 Å². The summed E-state index contributed by atoms with van der Waals surface area (Å²) in [5.41, 5.74) is 5.95. The summed E-state index contributed by atoms with van der Waals surface area (Å²) in [6.07, 6.45) is 0. The number of halogens is 2. The van der Waals surface area contributed by atoms with Gasteiger partial charge in [0.1, 0.15) is 23.2 Å². The third-order valence-electron chi connectivity index (χ3n) is 5.96. The minimum atomic E-state index is -1.91. The lowest BCUT2D eigenvalue weighted by Crippen LogP contribution is -2.31. The molecule has 0 aliphatic heterocycles. The maximum absolute atomic E-state index is 6.70. The second kappa shape index (κ2) is 8.79. The van der Waals surface area contributed by atoms with Crippen LogP contribution in [0.3, 0.4) is 0 Å². The zero-order chi connectivity index (χ0) is 22.2. The van der Waals surface area contributed by atoms with Crippen LogP contribution < -0.4 is 15.9 Å².